The largest absolute Gasteiger partial charge is 0.383 e. The third-order valence-corrected chi connectivity index (χ3v) is 4.47. The zero-order chi connectivity index (χ0) is 17.6. The van der Waals surface area contributed by atoms with Crippen LogP contribution in [0.1, 0.15) is 34.8 Å². The van der Waals surface area contributed by atoms with Crippen molar-refractivity contribution in [2.24, 2.45) is 7.05 Å². The van der Waals surface area contributed by atoms with Gasteiger partial charge < -0.3 is 15.6 Å². The van der Waals surface area contributed by atoms with E-state index in [0.717, 1.165) is 11.0 Å². The molecule has 0 radical (unpaired) electrons. The first-order valence-corrected chi connectivity index (χ1v) is 7.88. The molecule has 3 N–H and O–H groups in total. The van der Waals surface area contributed by atoms with Gasteiger partial charge in [-0.25, -0.2) is 4.98 Å². The second-order valence-electron chi connectivity index (χ2n) is 5.84. The minimum Gasteiger partial charge on any atom is -0.383 e. The molecule has 126 valence electrons. The number of fused-ring (bicyclic) bond motifs is 1. The maximum Gasteiger partial charge on any atom is 0.259 e. The third kappa shape index (κ3) is 2.60. The number of aromatic amines is 1. The number of halogens is 1. The van der Waals surface area contributed by atoms with Crippen molar-refractivity contribution in [3.63, 3.8) is 0 Å². The van der Waals surface area contributed by atoms with Crippen LogP contribution in [0.4, 0.5) is 5.82 Å². The van der Waals surface area contributed by atoms with Crippen LogP contribution < -0.4 is 5.73 Å². The number of hydrogen-bond donors (Lipinski definition) is 2. The molecule has 1 amide bonds. The lowest BCUT2D eigenvalue weighted by Gasteiger charge is -2.23. The van der Waals surface area contributed by atoms with Gasteiger partial charge in [-0.3, -0.25) is 9.48 Å². The van der Waals surface area contributed by atoms with Crippen LogP contribution in [0.2, 0.25) is 5.02 Å². The predicted octanol–water partition coefficient (Wildman–Crippen LogP) is 2.67. The summed E-state index contributed by atoms with van der Waals surface area (Å²) in [6, 6.07) is 5.18. The molecule has 24 heavy (non-hydrogen) atoms. The molecule has 0 bridgehead atoms. The minimum absolute atomic E-state index is 0.191. The van der Waals surface area contributed by atoms with Crippen molar-refractivity contribution in [1.29, 1.82) is 0 Å². The number of nitrogens with two attached hydrogens (primary N) is 1. The summed E-state index contributed by atoms with van der Waals surface area (Å²) in [5.74, 6) is 0.847. The van der Waals surface area contributed by atoms with Gasteiger partial charge in [-0.1, -0.05) is 11.6 Å². The summed E-state index contributed by atoms with van der Waals surface area (Å²) in [5, 5.41) is 4.83. The number of nitrogens with zero attached hydrogens (tertiary/aromatic N) is 4. The first-order valence-electron chi connectivity index (χ1n) is 7.51. The predicted molar refractivity (Wildman–Crippen MR) is 94.0 cm³/mol. The van der Waals surface area contributed by atoms with E-state index in [1.54, 1.807) is 32.0 Å². The van der Waals surface area contributed by atoms with E-state index < -0.39 is 0 Å². The van der Waals surface area contributed by atoms with Gasteiger partial charge in [0.1, 0.15) is 17.2 Å². The molecular weight excluding hydrogens is 328 g/mol. The summed E-state index contributed by atoms with van der Waals surface area (Å²) < 4.78 is 1.50. The zero-order valence-electron chi connectivity index (χ0n) is 14.0. The van der Waals surface area contributed by atoms with Crippen LogP contribution in [0.3, 0.4) is 0 Å². The summed E-state index contributed by atoms with van der Waals surface area (Å²) in [7, 11) is 3.44. The highest BCUT2D eigenvalue weighted by Crippen LogP contribution is 2.25. The topological polar surface area (TPSA) is 92.8 Å². The molecule has 3 aromatic rings. The van der Waals surface area contributed by atoms with Crippen molar-refractivity contribution in [2.45, 2.75) is 19.9 Å². The number of nitrogen functional groups attached to an aromatic ring is 1. The Hall–Kier alpha value is -2.54. The van der Waals surface area contributed by atoms with E-state index in [9.17, 15) is 4.79 Å². The maximum atomic E-state index is 12.8. The Labute approximate surface area is 144 Å². The van der Waals surface area contributed by atoms with Crippen molar-refractivity contribution in [1.82, 2.24) is 24.6 Å². The minimum atomic E-state index is -0.261. The molecule has 1 unspecified atom stereocenters. The zero-order valence-corrected chi connectivity index (χ0v) is 14.7. The van der Waals surface area contributed by atoms with E-state index in [2.05, 4.69) is 15.1 Å². The lowest BCUT2D eigenvalue weighted by molar-refractivity contribution is 0.0737. The van der Waals surface area contributed by atoms with Crippen LogP contribution in [-0.2, 0) is 7.05 Å². The van der Waals surface area contributed by atoms with Gasteiger partial charge in [0.2, 0.25) is 0 Å². The molecule has 2 heterocycles. The Balaban J connectivity index is 1.92. The third-order valence-electron chi connectivity index (χ3n) is 4.24. The number of amides is 1. The smallest absolute Gasteiger partial charge is 0.259 e. The molecule has 2 aromatic heterocycles. The van der Waals surface area contributed by atoms with Gasteiger partial charge in [-0.15, -0.1) is 0 Å². The summed E-state index contributed by atoms with van der Waals surface area (Å²) >= 11 is 6.00. The van der Waals surface area contributed by atoms with Gasteiger partial charge >= 0.3 is 0 Å². The van der Waals surface area contributed by atoms with Crippen LogP contribution >= 0.6 is 11.6 Å². The highest BCUT2D eigenvalue weighted by molar-refractivity contribution is 6.31. The molecule has 1 aromatic carbocycles. The van der Waals surface area contributed by atoms with Gasteiger partial charge in [0.05, 0.1) is 22.8 Å². The van der Waals surface area contributed by atoms with Gasteiger partial charge in [0.25, 0.3) is 5.91 Å². The number of rotatable bonds is 3. The molecule has 0 aliphatic heterocycles. The van der Waals surface area contributed by atoms with E-state index in [4.69, 9.17) is 17.3 Å². The first-order chi connectivity index (χ1) is 11.3. The Bertz CT molecular complexity index is 928. The summed E-state index contributed by atoms with van der Waals surface area (Å²) in [5.41, 5.74) is 8.64. The molecule has 8 heteroatoms. The van der Waals surface area contributed by atoms with Crippen LogP contribution in [0, 0.1) is 6.92 Å². The van der Waals surface area contributed by atoms with Crippen LogP contribution in [0.15, 0.2) is 18.2 Å². The SMILES string of the molecule is Cc1nn(C)c(N)c1C(=O)N(C)C(C)c1nc2ccc(Cl)cc2[nH]1. The Kier molecular flexibility index (Phi) is 3.96. The lowest BCUT2D eigenvalue weighted by atomic mass is 10.2. The fraction of sp³-hybridized carbons (Fsp3) is 0.312. The number of H-pyrrole nitrogens is 1. The van der Waals surface area contributed by atoms with E-state index >= 15 is 0 Å². The highest BCUT2D eigenvalue weighted by atomic mass is 35.5. The molecule has 0 aliphatic carbocycles. The van der Waals surface area contributed by atoms with E-state index in [0.29, 0.717) is 27.9 Å². The molecular formula is C16H19ClN6O. The average Bonchev–Trinajstić information content (AvgIpc) is 3.06. The number of imidazole rings is 1. The van der Waals surface area contributed by atoms with Crippen molar-refractivity contribution >= 4 is 34.4 Å². The number of anilines is 1. The molecule has 0 aliphatic rings. The highest BCUT2D eigenvalue weighted by Gasteiger charge is 2.26. The molecule has 0 saturated heterocycles. The van der Waals surface area contributed by atoms with E-state index in [1.807, 2.05) is 19.1 Å². The fourth-order valence-corrected chi connectivity index (χ4v) is 2.85. The van der Waals surface area contributed by atoms with Crippen LogP contribution in [0.25, 0.3) is 11.0 Å². The Morgan fingerprint density at radius 3 is 2.79 bits per heavy atom. The Morgan fingerprint density at radius 2 is 2.17 bits per heavy atom. The number of nitrogens with one attached hydrogen (secondary N) is 1. The fourth-order valence-electron chi connectivity index (χ4n) is 2.68. The van der Waals surface area contributed by atoms with Gasteiger partial charge in [-0.2, -0.15) is 5.10 Å². The standard InChI is InChI=1S/C16H19ClN6O/c1-8-13(14(18)23(4)21-8)16(24)22(3)9(2)15-19-11-6-5-10(17)7-12(11)20-15/h5-7,9H,18H2,1-4H3,(H,19,20). The van der Waals surface area contributed by atoms with Crippen LogP contribution in [0.5, 0.6) is 0 Å². The number of aromatic nitrogens is 4. The molecule has 3 rings (SSSR count). The van der Waals surface area contributed by atoms with Crippen molar-refractivity contribution < 1.29 is 4.79 Å². The van der Waals surface area contributed by atoms with Gasteiger partial charge in [0, 0.05) is 19.1 Å². The second-order valence-corrected chi connectivity index (χ2v) is 6.28. The molecule has 0 saturated carbocycles. The number of hydrogen-bond acceptors (Lipinski definition) is 4. The van der Waals surface area contributed by atoms with Crippen molar-refractivity contribution in [3.8, 4) is 0 Å². The number of carbonyl (C=O) groups excluding carboxylic acids is 1. The second kappa shape index (κ2) is 5.83. The quantitative estimate of drug-likeness (QED) is 0.762. The number of benzene rings is 1. The first kappa shape index (κ1) is 16.3. The monoisotopic (exact) mass is 346 g/mol. The summed E-state index contributed by atoms with van der Waals surface area (Å²) in [6.45, 7) is 3.67. The van der Waals surface area contributed by atoms with E-state index in [1.165, 1.54) is 4.68 Å². The molecule has 0 spiro atoms. The normalized spacial score (nSPS) is 12.5. The van der Waals surface area contributed by atoms with Gasteiger partial charge in [0.15, 0.2) is 0 Å². The van der Waals surface area contributed by atoms with Gasteiger partial charge in [-0.05, 0) is 32.0 Å². The summed E-state index contributed by atoms with van der Waals surface area (Å²) in [6.07, 6.45) is 0. The average molecular weight is 347 g/mol. The molecule has 1 atom stereocenters. The van der Waals surface area contributed by atoms with Crippen LogP contribution in [-0.4, -0.2) is 37.6 Å². The van der Waals surface area contributed by atoms with Crippen molar-refractivity contribution in [3.05, 3.63) is 40.3 Å². The number of aryl methyl sites for hydroxylation is 2. The molecule has 7 nitrogen and oxygen atoms in total. The summed E-state index contributed by atoms with van der Waals surface area (Å²) in [4.78, 5) is 22.2. The lowest BCUT2D eigenvalue weighted by Crippen LogP contribution is -2.31. The number of carbonyl (C=O) groups is 1. The Morgan fingerprint density at radius 1 is 1.46 bits per heavy atom. The van der Waals surface area contributed by atoms with E-state index in [-0.39, 0.29) is 11.9 Å². The van der Waals surface area contributed by atoms with Crippen molar-refractivity contribution in [2.75, 3.05) is 12.8 Å². The maximum absolute atomic E-state index is 12.8. The molecule has 0 fully saturated rings.